The van der Waals surface area contributed by atoms with Crippen LogP contribution in [0.2, 0.25) is 0 Å². The Morgan fingerprint density at radius 3 is 3.12 bits per heavy atom. The molecule has 0 aromatic carbocycles. The van der Waals surface area contributed by atoms with Gasteiger partial charge in [-0.3, -0.25) is 9.78 Å². The number of rotatable bonds is 1. The van der Waals surface area contributed by atoms with Crippen molar-refractivity contribution in [3.05, 3.63) is 24.0 Å². The van der Waals surface area contributed by atoms with Crippen LogP contribution in [-0.4, -0.2) is 47.1 Å². The van der Waals surface area contributed by atoms with Crippen molar-refractivity contribution in [2.75, 3.05) is 26.2 Å². The summed E-state index contributed by atoms with van der Waals surface area (Å²) in [6, 6.07) is 1.55. The van der Waals surface area contributed by atoms with E-state index in [0.29, 0.717) is 12.1 Å². The minimum absolute atomic E-state index is 0.0512. The average Bonchev–Trinajstić information content (AvgIpc) is 2.57. The van der Waals surface area contributed by atoms with Crippen LogP contribution < -0.4 is 5.32 Å². The molecule has 0 bridgehead atoms. The van der Waals surface area contributed by atoms with Crippen molar-refractivity contribution in [2.45, 2.75) is 6.42 Å². The minimum atomic E-state index is -0.122. The first-order valence-corrected chi connectivity index (χ1v) is 5.42. The summed E-state index contributed by atoms with van der Waals surface area (Å²) in [6.07, 6.45) is 3.75. The third-order valence-electron chi connectivity index (χ3n) is 2.66. The zero-order valence-corrected chi connectivity index (χ0v) is 9.02. The maximum atomic E-state index is 12.1. The summed E-state index contributed by atoms with van der Waals surface area (Å²) in [6.45, 7) is 3.15. The molecule has 0 saturated carbocycles. The number of nitrogens with one attached hydrogen (secondary N) is 1. The maximum Gasteiger partial charge on any atom is 0.257 e. The number of carbonyl (C=O) groups excluding carboxylic acids is 1. The monoisotopic (exact) mass is 221 g/mol. The summed E-state index contributed by atoms with van der Waals surface area (Å²) in [7, 11) is 0. The van der Waals surface area contributed by atoms with Crippen LogP contribution in [0.25, 0.3) is 0 Å². The normalized spacial score (nSPS) is 16.9. The molecule has 5 nitrogen and oxygen atoms in total. The number of hydrogen-bond donors (Lipinski definition) is 2. The fourth-order valence-corrected chi connectivity index (χ4v) is 1.79. The van der Waals surface area contributed by atoms with Gasteiger partial charge in [0, 0.05) is 25.8 Å². The molecule has 2 N–H and O–H groups in total. The van der Waals surface area contributed by atoms with Crippen LogP contribution in [0.1, 0.15) is 16.8 Å². The number of amides is 1. The number of aromatic nitrogens is 1. The highest BCUT2D eigenvalue weighted by molar-refractivity contribution is 5.96. The van der Waals surface area contributed by atoms with Gasteiger partial charge in [-0.05, 0) is 19.0 Å². The lowest BCUT2D eigenvalue weighted by atomic mass is 10.2. The summed E-state index contributed by atoms with van der Waals surface area (Å²) >= 11 is 0. The summed E-state index contributed by atoms with van der Waals surface area (Å²) in [5.41, 5.74) is 0.330. The summed E-state index contributed by atoms with van der Waals surface area (Å²) in [5.74, 6) is -0.173. The van der Waals surface area contributed by atoms with E-state index in [1.54, 1.807) is 11.0 Å². The van der Waals surface area contributed by atoms with E-state index in [1.165, 1.54) is 12.4 Å². The molecule has 1 aliphatic heterocycles. The van der Waals surface area contributed by atoms with Gasteiger partial charge in [-0.2, -0.15) is 0 Å². The van der Waals surface area contributed by atoms with E-state index in [9.17, 15) is 9.90 Å². The van der Waals surface area contributed by atoms with E-state index in [2.05, 4.69) is 10.3 Å². The smallest absolute Gasteiger partial charge is 0.257 e. The maximum absolute atomic E-state index is 12.1. The number of nitrogens with zero attached hydrogens (tertiary/aromatic N) is 2. The van der Waals surface area contributed by atoms with Gasteiger partial charge in [-0.15, -0.1) is 0 Å². The van der Waals surface area contributed by atoms with Crippen molar-refractivity contribution in [3.8, 4) is 5.75 Å². The van der Waals surface area contributed by atoms with Crippen LogP contribution in [0.4, 0.5) is 0 Å². The summed E-state index contributed by atoms with van der Waals surface area (Å²) in [5, 5.41) is 12.8. The Hall–Kier alpha value is -1.62. The lowest BCUT2D eigenvalue weighted by Gasteiger charge is -2.20. The molecule has 1 aromatic rings. The highest BCUT2D eigenvalue weighted by Crippen LogP contribution is 2.16. The van der Waals surface area contributed by atoms with Crippen LogP contribution in [0.5, 0.6) is 5.75 Å². The van der Waals surface area contributed by atoms with Gasteiger partial charge in [-0.1, -0.05) is 0 Å². The van der Waals surface area contributed by atoms with E-state index >= 15 is 0 Å². The molecule has 1 fully saturated rings. The van der Waals surface area contributed by atoms with E-state index in [4.69, 9.17) is 0 Å². The SMILES string of the molecule is O=C(c1ccncc1O)N1CCCNCC1. The third-order valence-corrected chi connectivity index (χ3v) is 2.66. The molecular weight excluding hydrogens is 206 g/mol. The van der Waals surface area contributed by atoms with Crippen molar-refractivity contribution in [3.63, 3.8) is 0 Å². The van der Waals surface area contributed by atoms with Crippen molar-refractivity contribution < 1.29 is 9.90 Å². The quantitative estimate of drug-likeness (QED) is 0.712. The Bertz CT molecular complexity index is 373. The molecule has 1 saturated heterocycles. The van der Waals surface area contributed by atoms with Gasteiger partial charge < -0.3 is 15.3 Å². The first-order chi connectivity index (χ1) is 7.79. The van der Waals surface area contributed by atoms with Gasteiger partial charge in [0.25, 0.3) is 5.91 Å². The Labute approximate surface area is 94.1 Å². The lowest BCUT2D eigenvalue weighted by molar-refractivity contribution is 0.0763. The second-order valence-corrected chi connectivity index (χ2v) is 3.79. The molecule has 0 atom stereocenters. The molecule has 16 heavy (non-hydrogen) atoms. The van der Waals surface area contributed by atoms with Crippen LogP contribution in [0, 0.1) is 0 Å². The van der Waals surface area contributed by atoms with E-state index in [0.717, 1.165) is 26.1 Å². The van der Waals surface area contributed by atoms with Crippen molar-refractivity contribution in [2.24, 2.45) is 0 Å². The molecule has 86 valence electrons. The van der Waals surface area contributed by atoms with Crippen LogP contribution in [-0.2, 0) is 0 Å². The number of aromatic hydroxyl groups is 1. The van der Waals surface area contributed by atoms with E-state index in [-0.39, 0.29) is 11.7 Å². The van der Waals surface area contributed by atoms with Gasteiger partial charge in [0.1, 0.15) is 5.75 Å². The molecule has 2 heterocycles. The Morgan fingerprint density at radius 1 is 1.44 bits per heavy atom. The topological polar surface area (TPSA) is 65.5 Å². The molecule has 0 radical (unpaired) electrons. The van der Waals surface area contributed by atoms with Crippen LogP contribution >= 0.6 is 0 Å². The predicted octanol–water partition coefficient (Wildman–Crippen LogP) is 0.223. The molecule has 0 aliphatic carbocycles. The number of hydrogen-bond acceptors (Lipinski definition) is 4. The second-order valence-electron chi connectivity index (χ2n) is 3.79. The second kappa shape index (κ2) is 4.94. The van der Waals surface area contributed by atoms with Gasteiger partial charge in [-0.25, -0.2) is 0 Å². The first kappa shape index (κ1) is 10.9. The fraction of sp³-hybridized carbons (Fsp3) is 0.455. The summed E-state index contributed by atoms with van der Waals surface area (Å²) < 4.78 is 0. The fourth-order valence-electron chi connectivity index (χ4n) is 1.79. The zero-order chi connectivity index (χ0) is 11.4. The standard InChI is InChI=1S/C11H15N3O2/c15-10-8-13-4-2-9(10)11(16)14-6-1-3-12-5-7-14/h2,4,8,12,15H,1,3,5-7H2. The number of carbonyl (C=O) groups is 1. The minimum Gasteiger partial charge on any atom is -0.505 e. The van der Waals surface area contributed by atoms with Crippen molar-refractivity contribution in [1.82, 2.24) is 15.2 Å². The van der Waals surface area contributed by atoms with Gasteiger partial charge in [0.15, 0.2) is 0 Å². The molecule has 1 aromatic heterocycles. The lowest BCUT2D eigenvalue weighted by Crippen LogP contribution is -2.34. The molecule has 0 spiro atoms. The molecule has 1 aliphatic rings. The van der Waals surface area contributed by atoms with Gasteiger partial charge >= 0.3 is 0 Å². The molecule has 0 unspecified atom stereocenters. The van der Waals surface area contributed by atoms with Gasteiger partial charge in [0.05, 0.1) is 11.8 Å². The van der Waals surface area contributed by atoms with Crippen molar-refractivity contribution >= 4 is 5.91 Å². The van der Waals surface area contributed by atoms with Crippen LogP contribution in [0.15, 0.2) is 18.5 Å². The molecular formula is C11H15N3O2. The van der Waals surface area contributed by atoms with Gasteiger partial charge in [0.2, 0.25) is 0 Å². The largest absolute Gasteiger partial charge is 0.505 e. The summed E-state index contributed by atoms with van der Waals surface area (Å²) in [4.78, 5) is 17.6. The first-order valence-electron chi connectivity index (χ1n) is 5.42. The molecule has 1 amide bonds. The molecule has 5 heteroatoms. The zero-order valence-electron chi connectivity index (χ0n) is 9.02. The highest BCUT2D eigenvalue weighted by atomic mass is 16.3. The third kappa shape index (κ3) is 2.30. The highest BCUT2D eigenvalue weighted by Gasteiger charge is 2.19. The Morgan fingerprint density at radius 2 is 2.31 bits per heavy atom. The van der Waals surface area contributed by atoms with E-state index in [1.807, 2.05) is 0 Å². The number of pyridine rings is 1. The predicted molar refractivity (Wildman–Crippen MR) is 59.3 cm³/mol. The molecule has 2 rings (SSSR count). The van der Waals surface area contributed by atoms with E-state index < -0.39 is 0 Å². The Kier molecular flexibility index (Phi) is 3.36. The van der Waals surface area contributed by atoms with Crippen LogP contribution in [0.3, 0.4) is 0 Å². The van der Waals surface area contributed by atoms with Crippen molar-refractivity contribution in [1.29, 1.82) is 0 Å². The average molecular weight is 221 g/mol. The Balaban J connectivity index is 2.14.